The number of piperazine rings is 1. The molecule has 98 valence electrons. The molecule has 0 spiro atoms. The number of aromatic nitrogens is 1. The molecular weight excluding hydrogens is 222 g/mol. The van der Waals surface area contributed by atoms with E-state index in [-0.39, 0.29) is 0 Å². The molecule has 2 unspecified atom stereocenters. The van der Waals surface area contributed by atoms with Crippen molar-refractivity contribution in [1.29, 1.82) is 0 Å². The van der Waals surface area contributed by atoms with E-state index in [9.17, 15) is 0 Å². The molecule has 18 heavy (non-hydrogen) atoms. The summed E-state index contributed by atoms with van der Waals surface area (Å²) >= 11 is 0. The number of aryl methyl sites for hydroxylation is 1. The number of nitrogens with zero attached hydrogens (tertiary/aromatic N) is 3. The highest BCUT2D eigenvalue weighted by atomic mass is 15.3. The maximum atomic E-state index is 4.18. The molecule has 0 radical (unpaired) electrons. The highest BCUT2D eigenvalue weighted by Crippen LogP contribution is 2.25. The molecule has 3 nitrogen and oxygen atoms in total. The van der Waals surface area contributed by atoms with Gasteiger partial charge in [0.15, 0.2) is 0 Å². The Morgan fingerprint density at radius 3 is 3.11 bits per heavy atom. The lowest BCUT2D eigenvalue weighted by Gasteiger charge is -2.42. The first-order chi connectivity index (χ1) is 8.74. The average Bonchev–Trinajstić information content (AvgIpc) is 2.79. The van der Waals surface area contributed by atoms with Crippen LogP contribution in [0.25, 0.3) is 0 Å². The highest BCUT2D eigenvalue weighted by molar-refractivity contribution is 5.21. The van der Waals surface area contributed by atoms with Crippen LogP contribution in [0.15, 0.2) is 18.5 Å². The van der Waals surface area contributed by atoms with Crippen LogP contribution in [-0.2, 0) is 6.54 Å². The van der Waals surface area contributed by atoms with Gasteiger partial charge in [0, 0.05) is 44.1 Å². The van der Waals surface area contributed by atoms with E-state index in [1.807, 2.05) is 12.4 Å². The van der Waals surface area contributed by atoms with Crippen LogP contribution in [0.5, 0.6) is 0 Å². The van der Waals surface area contributed by atoms with E-state index in [0.717, 1.165) is 12.6 Å². The van der Waals surface area contributed by atoms with E-state index in [1.165, 1.54) is 43.6 Å². The first-order valence-corrected chi connectivity index (χ1v) is 7.11. The van der Waals surface area contributed by atoms with Crippen molar-refractivity contribution in [3.8, 4) is 0 Å². The second-order valence-electron chi connectivity index (χ2n) is 5.87. The standard InChI is InChI=1S/C15H23N3/c1-12-8-16-6-5-14(12)10-18-11-15-4-3-7-17(15)9-13(18)2/h5-6,8,13,15H,3-4,7,9-11H2,1-2H3. The summed E-state index contributed by atoms with van der Waals surface area (Å²) in [5.74, 6) is 0. The second kappa shape index (κ2) is 4.98. The van der Waals surface area contributed by atoms with Crippen LogP contribution in [0, 0.1) is 6.92 Å². The molecule has 3 rings (SSSR count). The van der Waals surface area contributed by atoms with Gasteiger partial charge in [0.2, 0.25) is 0 Å². The van der Waals surface area contributed by atoms with Gasteiger partial charge in [-0.2, -0.15) is 0 Å². The molecule has 0 amide bonds. The number of fused-ring (bicyclic) bond motifs is 1. The highest BCUT2D eigenvalue weighted by Gasteiger charge is 2.34. The van der Waals surface area contributed by atoms with Gasteiger partial charge in [-0.3, -0.25) is 14.8 Å². The van der Waals surface area contributed by atoms with Gasteiger partial charge >= 0.3 is 0 Å². The Labute approximate surface area is 110 Å². The third-order valence-corrected chi connectivity index (χ3v) is 4.58. The minimum absolute atomic E-state index is 0.673. The quantitative estimate of drug-likeness (QED) is 0.795. The lowest BCUT2D eigenvalue weighted by atomic mass is 10.1. The summed E-state index contributed by atoms with van der Waals surface area (Å²) in [6.45, 7) is 9.42. The van der Waals surface area contributed by atoms with E-state index in [2.05, 4.69) is 34.7 Å². The minimum atomic E-state index is 0.673. The molecule has 0 N–H and O–H groups in total. The van der Waals surface area contributed by atoms with Crippen LogP contribution in [0.2, 0.25) is 0 Å². The van der Waals surface area contributed by atoms with Gasteiger partial charge in [0.25, 0.3) is 0 Å². The smallest absolute Gasteiger partial charge is 0.0300 e. The van der Waals surface area contributed by atoms with E-state index >= 15 is 0 Å². The zero-order valence-corrected chi connectivity index (χ0v) is 11.5. The van der Waals surface area contributed by atoms with Crippen molar-refractivity contribution in [3.63, 3.8) is 0 Å². The fourth-order valence-electron chi connectivity index (χ4n) is 3.37. The Kier molecular flexibility index (Phi) is 3.35. The zero-order chi connectivity index (χ0) is 12.5. The van der Waals surface area contributed by atoms with E-state index in [0.29, 0.717) is 6.04 Å². The van der Waals surface area contributed by atoms with Crippen molar-refractivity contribution in [2.45, 2.75) is 45.3 Å². The number of rotatable bonds is 2. The van der Waals surface area contributed by atoms with Gasteiger partial charge < -0.3 is 0 Å². The fourth-order valence-corrected chi connectivity index (χ4v) is 3.37. The van der Waals surface area contributed by atoms with Crippen LogP contribution >= 0.6 is 0 Å². The zero-order valence-electron chi connectivity index (χ0n) is 11.5. The molecule has 2 aliphatic heterocycles. The summed E-state index contributed by atoms with van der Waals surface area (Å²) in [6, 6.07) is 3.65. The van der Waals surface area contributed by atoms with Crippen molar-refractivity contribution < 1.29 is 0 Å². The first-order valence-electron chi connectivity index (χ1n) is 7.11. The molecule has 2 fully saturated rings. The third kappa shape index (κ3) is 2.29. The molecule has 2 saturated heterocycles. The Bertz CT molecular complexity index is 418. The van der Waals surface area contributed by atoms with E-state index < -0.39 is 0 Å². The predicted molar refractivity (Wildman–Crippen MR) is 73.4 cm³/mol. The largest absolute Gasteiger partial charge is 0.298 e. The van der Waals surface area contributed by atoms with Gasteiger partial charge in [-0.15, -0.1) is 0 Å². The van der Waals surface area contributed by atoms with Crippen LogP contribution in [-0.4, -0.2) is 46.5 Å². The summed E-state index contributed by atoms with van der Waals surface area (Å²) in [7, 11) is 0. The van der Waals surface area contributed by atoms with Crippen molar-refractivity contribution in [1.82, 2.24) is 14.8 Å². The molecule has 2 aliphatic rings. The van der Waals surface area contributed by atoms with Crippen LogP contribution in [0.1, 0.15) is 30.9 Å². The summed E-state index contributed by atoms with van der Waals surface area (Å²) in [6.07, 6.45) is 6.67. The Hall–Kier alpha value is -0.930. The van der Waals surface area contributed by atoms with Crippen molar-refractivity contribution in [2.24, 2.45) is 0 Å². The molecular formula is C15H23N3. The van der Waals surface area contributed by atoms with Crippen molar-refractivity contribution >= 4 is 0 Å². The normalized spacial score (nSPS) is 29.4. The van der Waals surface area contributed by atoms with Gasteiger partial charge in [-0.1, -0.05) is 0 Å². The number of hydrogen-bond acceptors (Lipinski definition) is 3. The van der Waals surface area contributed by atoms with Gasteiger partial charge in [-0.25, -0.2) is 0 Å². The molecule has 3 heterocycles. The SMILES string of the molecule is Cc1cnccc1CN1CC2CCCN2CC1C. The maximum Gasteiger partial charge on any atom is 0.0300 e. The summed E-state index contributed by atoms with van der Waals surface area (Å²) in [5, 5.41) is 0. The van der Waals surface area contributed by atoms with Crippen LogP contribution in [0.4, 0.5) is 0 Å². The van der Waals surface area contributed by atoms with E-state index in [4.69, 9.17) is 0 Å². The molecule has 0 bridgehead atoms. The monoisotopic (exact) mass is 245 g/mol. The maximum absolute atomic E-state index is 4.18. The van der Waals surface area contributed by atoms with Crippen molar-refractivity contribution in [2.75, 3.05) is 19.6 Å². The average molecular weight is 245 g/mol. The van der Waals surface area contributed by atoms with Gasteiger partial charge in [-0.05, 0) is 50.4 Å². The molecule has 0 saturated carbocycles. The van der Waals surface area contributed by atoms with Crippen LogP contribution < -0.4 is 0 Å². The topological polar surface area (TPSA) is 19.4 Å². The Morgan fingerprint density at radius 1 is 1.39 bits per heavy atom. The third-order valence-electron chi connectivity index (χ3n) is 4.58. The van der Waals surface area contributed by atoms with Crippen LogP contribution in [0.3, 0.4) is 0 Å². The summed E-state index contributed by atoms with van der Waals surface area (Å²) in [4.78, 5) is 9.51. The summed E-state index contributed by atoms with van der Waals surface area (Å²) < 4.78 is 0. The molecule has 1 aromatic rings. The fraction of sp³-hybridized carbons (Fsp3) is 0.667. The first kappa shape index (κ1) is 12.1. The lowest BCUT2D eigenvalue weighted by Crippen LogP contribution is -2.54. The minimum Gasteiger partial charge on any atom is -0.298 e. The Balaban J connectivity index is 1.71. The Morgan fingerprint density at radius 2 is 2.28 bits per heavy atom. The van der Waals surface area contributed by atoms with Gasteiger partial charge in [0.1, 0.15) is 0 Å². The number of pyridine rings is 1. The lowest BCUT2D eigenvalue weighted by molar-refractivity contribution is 0.0539. The molecule has 0 aliphatic carbocycles. The molecule has 2 atom stereocenters. The van der Waals surface area contributed by atoms with Crippen molar-refractivity contribution in [3.05, 3.63) is 29.6 Å². The second-order valence-corrected chi connectivity index (χ2v) is 5.87. The van der Waals surface area contributed by atoms with Gasteiger partial charge in [0.05, 0.1) is 0 Å². The van der Waals surface area contributed by atoms with E-state index in [1.54, 1.807) is 0 Å². The molecule has 0 aromatic carbocycles. The molecule has 1 aromatic heterocycles. The molecule has 3 heteroatoms. The predicted octanol–water partition coefficient (Wildman–Crippen LogP) is 2.06. The summed E-state index contributed by atoms with van der Waals surface area (Å²) in [5.41, 5.74) is 2.75. The number of hydrogen-bond donors (Lipinski definition) is 0.